The SMILES string of the molecule is c1ccc2c([C@H](C3CCOCC3)N3CCNCC3)cccc2c1. The van der Waals surface area contributed by atoms with Gasteiger partial charge in [-0.3, -0.25) is 4.90 Å². The summed E-state index contributed by atoms with van der Waals surface area (Å²) in [6, 6.07) is 16.2. The molecule has 2 aliphatic heterocycles. The summed E-state index contributed by atoms with van der Waals surface area (Å²) < 4.78 is 5.63. The molecule has 0 spiro atoms. The first-order valence-corrected chi connectivity index (χ1v) is 8.93. The summed E-state index contributed by atoms with van der Waals surface area (Å²) in [7, 11) is 0. The van der Waals surface area contributed by atoms with Crippen LogP contribution in [0.3, 0.4) is 0 Å². The molecule has 2 heterocycles. The van der Waals surface area contributed by atoms with Gasteiger partial charge in [-0.05, 0) is 35.1 Å². The molecule has 0 amide bonds. The second-order valence-electron chi connectivity index (χ2n) is 6.75. The number of fused-ring (bicyclic) bond motifs is 1. The standard InChI is InChI=1S/C20H26N2O/c1-2-6-18-16(4-1)5-3-7-19(18)20(17-8-14-23-15-9-17)22-12-10-21-11-13-22/h1-7,17,20-21H,8-15H2/t20-/m0/s1. The third-order valence-electron chi connectivity index (χ3n) is 5.40. The van der Waals surface area contributed by atoms with Crippen LogP contribution in [-0.2, 0) is 4.74 Å². The zero-order valence-corrected chi connectivity index (χ0v) is 13.7. The summed E-state index contributed by atoms with van der Waals surface area (Å²) in [4.78, 5) is 2.70. The topological polar surface area (TPSA) is 24.5 Å². The van der Waals surface area contributed by atoms with E-state index in [0.29, 0.717) is 12.0 Å². The summed E-state index contributed by atoms with van der Waals surface area (Å²) in [5, 5.41) is 6.27. The zero-order valence-electron chi connectivity index (χ0n) is 13.7. The molecule has 0 aromatic heterocycles. The number of nitrogens with zero attached hydrogens (tertiary/aromatic N) is 1. The van der Waals surface area contributed by atoms with Gasteiger partial charge in [0.05, 0.1) is 0 Å². The van der Waals surface area contributed by atoms with E-state index in [1.807, 2.05) is 0 Å². The lowest BCUT2D eigenvalue weighted by atomic mass is 9.83. The average Bonchev–Trinajstić information content (AvgIpc) is 2.64. The van der Waals surface area contributed by atoms with Gasteiger partial charge in [-0.15, -0.1) is 0 Å². The number of hydrogen-bond donors (Lipinski definition) is 1. The van der Waals surface area contributed by atoms with E-state index in [2.05, 4.69) is 52.7 Å². The molecule has 1 atom stereocenters. The van der Waals surface area contributed by atoms with Crippen LogP contribution in [0.4, 0.5) is 0 Å². The molecule has 2 aromatic carbocycles. The van der Waals surface area contributed by atoms with Gasteiger partial charge in [-0.1, -0.05) is 42.5 Å². The molecule has 122 valence electrons. The lowest BCUT2D eigenvalue weighted by molar-refractivity contribution is 0.0217. The van der Waals surface area contributed by atoms with Crippen LogP contribution in [0.5, 0.6) is 0 Å². The second-order valence-corrected chi connectivity index (χ2v) is 6.75. The average molecular weight is 310 g/mol. The van der Waals surface area contributed by atoms with Gasteiger partial charge >= 0.3 is 0 Å². The maximum atomic E-state index is 5.63. The third kappa shape index (κ3) is 3.14. The Morgan fingerprint density at radius 1 is 0.957 bits per heavy atom. The maximum Gasteiger partial charge on any atom is 0.0469 e. The van der Waals surface area contributed by atoms with Crippen LogP contribution in [-0.4, -0.2) is 44.3 Å². The van der Waals surface area contributed by atoms with E-state index >= 15 is 0 Å². The molecule has 0 saturated carbocycles. The summed E-state index contributed by atoms with van der Waals surface area (Å²) in [6.45, 7) is 6.32. The van der Waals surface area contributed by atoms with Gasteiger partial charge in [-0.2, -0.15) is 0 Å². The second kappa shape index (κ2) is 7.00. The normalized spacial score (nSPS) is 22.3. The highest BCUT2D eigenvalue weighted by Crippen LogP contribution is 2.38. The minimum Gasteiger partial charge on any atom is -0.381 e. The van der Waals surface area contributed by atoms with E-state index in [4.69, 9.17) is 4.74 Å². The quantitative estimate of drug-likeness (QED) is 0.942. The van der Waals surface area contributed by atoms with Gasteiger partial charge in [0, 0.05) is 45.4 Å². The van der Waals surface area contributed by atoms with Gasteiger partial charge in [-0.25, -0.2) is 0 Å². The predicted molar refractivity (Wildman–Crippen MR) is 94.7 cm³/mol. The van der Waals surface area contributed by atoms with E-state index in [0.717, 1.165) is 39.4 Å². The fraction of sp³-hybridized carbons (Fsp3) is 0.500. The first kappa shape index (κ1) is 15.1. The highest BCUT2D eigenvalue weighted by Gasteiger charge is 2.32. The largest absolute Gasteiger partial charge is 0.381 e. The molecule has 4 rings (SSSR count). The molecule has 2 aliphatic rings. The van der Waals surface area contributed by atoms with Gasteiger partial charge in [0.15, 0.2) is 0 Å². The van der Waals surface area contributed by atoms with Crippen molar-refractivity contribution in [1.82, 2.24) is 10.2 Å². The lowest BCUT2D eigenvalue weighted by Crippen LogP contribution is -2.47. The van der Waals surface area contributed by atoms with E-state index in [1.54, 1.807) is 0 Å². The lowest BCUT2D eigenvalue weighted by Gasteiger charge is -2.41. The van der Waals surface area contributed by atoms with Crippen LogP contribution >= 0.6 is 0 Å². The summed E-state index contributed by atoms with van der Waals surface area (Å²) in [5.41, 5.74) is 1.51. The van der Waals surface area contributed by atoms with Crippen molar-refractivity contribution < 1.29 is 4.74 Å². The molecular weight excluding hydrogens is 284 g/mol. The minimum absolute atomic E-state index is 0.520. The van der Waals surface area contributed by atoms with Crippen LogP contribution in [0, 0.1) is 5.92 Å². The fourth-order valence-corrected chi connectivity index (χ4v) is 4.25. The third-order valence-corrected chi connectivity index (χ3v) is 5.40. The molecule has 0 unspecified atom stereocenters. The number of piperazine rings is 1. The Kier molecular flexibility index (Phi) is 4.60. The molecule has 0 aliphatic carbocycles. The van der Waals surface area contributed by atoms with Gasteiger partial charge < -0.3 is 10.1 Å². The minimum atomic E-state index is 0.520. The highest BCUT2D eigenvalue weighted by atomic mass is 16.5. The van der Waals surface area contributed by atoms with Crippen molar-refractivity contribution in [2.75, 3.05) is 39.4 Å². The molecule has 2 saturated heterocycles. The Hall–Kier alpha value is -1.42. The van der Waals surface area contributed by atoms with E-state index in [-0.39, 0.29) is 0 Å². The highest BCUT2D eigenvalue weighted by molar-refractivity contribution is 5.86. The number of nitrogens with one attached hydrogen (secondary N) is 1. The molecule has 23 heavy (non-hydrogen) atoms. The summed E-state index contributed by atoms with van der Waals surface area (Å²) in [5.74, 6) is 0.702. The fourth-order valence-electron chi connectivity index (χ4n) is 4.25. The van der Waals surface area contributed by atoms with Crippen LogP contribution in [0.25, 0.3) is 10.8 Å². The number of benzene rings is 2. The molecule has 0 radical (unpaired) electrons. The van der Waals surface area contributed by atoms with Gasteiger partial charge in [0.2, 0.25) is 0 Å². The van der Waals surface area contributed by atoms with Crippen molar-refractivity contribution in [2.45, 2.75) is 18.9 Å². The van der Waals surface area contributed by atoms with Crippen LogP contribution in [0.1, 0.15) is 24.4 Å². The van der Waals surface area contributed by atoms with Crippen molar-refractivity contribution in [1.29, 1.82) is 0 Å². The Labute approximate surface area is 138 Å². The molecule has 3 nitrogen and oxygen atoms in total. The zero-order chi connectivity index (χ0) is 15.5. The van der Waals surface area contributed by atoms with Crippen molar-refractivity contribution in [2.24, 2.45) is 5.92 Å². The molecular formula is C20H26N2O. The molecule has 3 heteroatoms. The van der Waals surface area contributed by atoms with Crippen molar-refractivity contribution in [3.8, 4) is 0 Å². The van der Waals surface area contributed by atoms with Crippen molar-refractivity contribution in [3.05, 3.63) is 48.0 Å². The Morgan fingerprint density at radius 2 is 1.70 bits per heavy atom. The van der Waals surface area contributed by atoms with Crippen molar-refractivity contribution in [3.63, 3.8) is 0 Å². The predicted octanol–water partition coefficient (Wildman–Crippen LogP) is 3.21. The smallest absolute Gasteiger partial charge is 0.0469 e. The number of rotatable bonds is 3. The Bertz CT molecular complexity index is 622. The maximum absolute atomic E-state index is 5.63. The van der Waals surface area contributed by atoms with E-state index in [9.17, 15) is 0 Å². The molecule has 2 fully saturated rings. The summed E-state index contributed by atoms with van der Waals surface area (Å²) >= 11 is 0. The van der Waals surface area contributed by atoms with Crippen LogP contribution in [0.15, 0.2) is 42.5 Å². The van der Waals surface area contributed by atoms with E-state index in [1.165, 1.54) is 29.2 Å². The Balaban J connectivity index is 1.76. The number of hydrogen-bond acceptors (Lipinski definition) is 3. The van der Waals surface area contributed by atoms with E-state index < -0.39 is 0 Å². The molecule has 0 bridgehead atoms. The van der Waals surface area contributed by atoms with Crippen LogP contribution in [0.2, 0.25) is 0 Å². The molecule has 1 N–H and O–H groups in total. The monoisotopic (exact) mass is 310 g/mol. The van der Waals surface area contributed by atoms with Crippen molar-refractivity contribution >= 4 is 10.8 Å². The van der Waals surface area contributed by atoms with Gasteiger partial charge in [0.1, 0.15) is 0 Å². The van der Waals surface area contributed by atoms with Crippen LogP contribution < -0.4 is 5.32 Å². The number of ether oxygens (including phenoxy) is 1. The molecule has 2 aromatic rings. The first-order chi connectivity index (χ1) is 11.4. The Morgan fingerprint density at radius 3 is 2.52 bits per heavy atom. The van der Waals surface area contributed by atoms with Gasteiger partial charge in [0.25, 0.3) is 0 Å². The first-order valence-electron chi connectivity index (χ1n) is 8.93. The summed E-state index contributed by atoms with van der Waals surface area (Å²) in [6.07, 6.45) is 2.36.